The van der Waals surface area contributed by atoms with E-state index < -0.39 is 10.8 Å². The predicted octanol–water partition coefficient (Wildman–Crippen LogP) is 2.61. The molecule has 0 saturated heterocycles. The number of hydrogen-bond acceptors (Lipinski definition) is 8. The number of aromatic nitrogens is 2. The zero-order valence-electron chi connectivity index (χ0n) is 14.7. The molecule has 1 amide bonds. The Kier molecular flexibility index (Phi) is 4.36. The Morgan fingerprint density at radius 3 is 2.86 bits per heavy atom. The fourth-order valence-corrected chi connectivity index (χ4v) is 2.68. The fourth-order valence-electron chi connectivity index (χ4n) is 2.68. The molecule has 1 aliphatic rings. The minimum Gasteiger partial charge on any atom is -0.454 e. The number of ether oxygens (including phenoxy) is 2. The number of carbonyl (C=O) groups excluding carboxylic acids is 1. The lowest BCUT2D eigenvalue weighted by atomic mass is 10.1. The van der Waals surface area contributed by atoms with Gasteiger partial charge in [-0.3, -0.25) is 14.9 Å². The van der Waals surface area contributed by atoms with Crippen LogP contribution in [0.3, 0.4) is 0 Å². The van der Waals surface area contributed by atoms with Gasteiger partial charge in [-0.25, -0.2) is 0 Å². The van der Waals surface area contributed by atoms with Crippen LogP contribution in [0, 0.1) is 17.0 Å². The highest BCUT2D eigenvalue weighted by Gasteiger charge is 2.18. The fraction of sp³-hybridized carbons (Fsp3) is 0.167. The Balaban J connectivity index is 1.44. The van der Waals surface area contributed by atoms with Gasteiger partial charge in [-0.15, -0.1) is 0 Å². The molecule has 0 unspecified atom stereocenters. The second kappa shape index (κ2) is 6.99. The molecule has 0 aliphatic carbocycles. The van der Waals surface area contributed by atoms with E-state index in [9.17, 15) is 14.9 Å². The van der Waals surface area contributed by atoms with E-state index in [2.05, 4.69) is 15.5 Å². The van der Waals surface area contributed by atoms with Crippen molar-refractivity contribution in [3.63, 3.8) is 0 Å². The number of nitrogens with zero attached hydrogens (tertiary/aromatic N) is 3. The first-order chi connectivity index (χ1) is 13.5. The standard InChI is InChI=1S/C18H14N4O6/c1-10-2-3-12(6-13(10)22(24)25)18(23)19-8-16-20-17(21-28-16)11-4-5-14-15(7-11)27-9-26-14/h2-7H,8-9H2,1H3,(H,19,23). The number of fused-ring (bicyclic) bond motifs is 1. The number of carbonyl (C=O) groups is 1. The number of hydrogen-bond donors (Lipinski definition) is 1. The van der Waals surface area contributed by atoms with Gasteiger partial charge in [0.1, 0.15) is 0 Å². The molecular weight excluding hydrogens is 368 g/mol. The van der Waals surface area contributed by atoms with Gasteiger partial charge >= 0.3 is 0 Å². The van der Waals surface area contributed by atoms with Gasteiger partial charge in [0.2, 0.25) is 18.5 Å². The number of aryl methyl sites for hydroxylation is 1. The van der Waals surface area contributed by atoms with Crippen LogP contribution in [0.5, 0.6) is 11.5 Å². The highest BCUT2D eigenvalue weighted by atomic mass is 16.7. The summed E-state index contributed by atoms with van der Waals surface area (Å²) in [4.78, 5) is 27.0. The van der Waals surface area contributed by atoms with Crippen molar-refractivity contribution in [3.05, 3.63) is 63.5 Å². The second-order valence-corrected chi connectivity index (χ2v) is 6.02. The monoisotopic (exact) mass is 382 g/mol. The third-order valence-electron chi connectivity index (χ3n) is 4.17. The van der Waals surface area contributed by atoms with Gasteiger partial charge in [-0.05, 0) is 31.2 Å². The summed E-state index contributed by atoms with van der Waals surface area (Å²) in [6.07, 6.45) is 0. The predicted molar refractivity (Wildman–Crippen MR) is 94.9 cm³/mol. The lowest BCUT2D eigenvalue weighted by Gasteiger charge is -2.03. The molecule has 0 spiro atoms. The van der Waals surface area contributed by atoms with E-state index in [-0.39, 0.29) is 30.5 Å². The Morgan fingerprint density at radius 2 is 2.04 bits per heavy atom. The molecule has 2 aromatic carbocycles. The summed E-state index contributed by atoms with van der Waals surface area (Å²) in [5.74, 6) is 1.30. The SMILES string of the molecule is Cc1ccc(C(=O)NCc2nc(-c3ccc4c(c3)OCO4)no2)cc1[N+](=O)[O-]. The zero-order valence-corrected chi connectivity index (χ0v) is 14.7. The first-order valence-corrected chi connectivity index (χ1v) is 8.27. The van der Waals surface area contributed by atoms with Crippen LogP contribution in [0.1, 0.15) is 21.8 Å². The summed E-state index contributed by atoms with van der Waals surface area (Å²) in [5.41, 5.74) is 1.22. The third kappa shape index (κ3) is 3.34. The van der Waals surface area contributed by atoms with E-state index in [1.54, 1.807) is 25.1 Å². The van der Waals surface area contributed by atoms with Crippen molar-refractivity contribution in [2.24, 2.45) is 0 Å². The number of benzene rings is 2. The molecule has 0 saturated carbocycles. The van der Waals surface area contributed by atoms with Crippen molar-refractivity contribution >= 4 is 11.6 Å². The highest BCUT2D eigenvalue weighted by molar-refractivity contribution is 5.94. The number of nitro benzene ring substituents is 1. The van der Waals surface area contributed by atoms with Crippen LogP contribution in [0.25, 0.3) is 11.4 Å². The van der Waals surface area contributed by atoms with Crippen LogP contribution in [-0.4, -0.2) is 27.8 Å². The molecule has 10 heteroatoms. The van der Waals surface area contributed by atoms with E-state index in [4.69, 9.17) is 14.0 Å². The zero-order chi connectivity index (χ0) is 19.7. The van der Waals surface area contributed by atoms with Crippen LogP contribution in [0.4, 0.5) is 5.69 Å². The molecule has 0 fully saturated rings. The smallest absolute Gasteiger partial charge is 0.273 e. The van der Waals surface area contributed by atoms with Crippen LogP contribution < -0.4 is 14.8 Å². The van der Waals surface area contributed by atoms with E-state index in [1.807, 2.05) is 0 Å². The van der Waals surface area contributed by atoms with Crippen LogP contribution in [0.15, 0.2) is 40.9 Å². The molecule has 4 rings (SSSR count). The number of nitrogens with one attached hydrogen (secondary N) is 1. The molecule has 0 radical (unpaired) electrons. The van der Waals surface area contributed by atoms with Gasteiger partial charge in [0, 0.05) is 22.8 Å². The quantitative estimate of drug-likeness (QED) is 0.526. The van der Waals surface area contributed by atoms with Gasteiger partial charge in [-0.1, -0.05) is 11.2 Å². The topological polar surface area (TPSA) is 130 Å². The molecule has 10 nitrogen and oxygen atoms in total. The number of nitro groups is 1. The lowest BCUT2D eigenvalue weighted by molar-refractivity contribution is -0.385. The van der Waals surface area contributed by atoms with Crippen molar-refractivity contribution in [2.45, 2.75) is 13.5 Å². The Labute approximate surface area is 158 Å². The maximum Gasteiger partial charge on any atom is 0.273 e. The van der Waals surface area contributed by atoms with Crippen LogP contribution in [-0.2, 0) is 6.54 Å². The van der Waals surface area contributed by atoms with Crippen LogP contribution in [0.2, 0.25) is 0 Å². The average Bonchev–Trinajstić information content (AvgIpc) is 3.34. The summed E-state index contributed by atoms with van der Waals surface area (Å²) < 4.78 is 15.7. The first-order valence-electron chi connectivity index (χ1n) is 8.27. The molecule has 3 aromatic rings. The lowest BCUT2D eigenvalue weighted by Crippen LogP contribution is -2.23. The molecule has 1 N–H and O–H groups in total. The molecule has 0 bridgehead atoms. The van der Waals surface area contributed by atoms with Gasteiger partial charge in [0.05, 0.1) is 11.5 Å². The van der Waals surface area contributed by atoms with E-state index in [1.165, 1.54) is 18.2 Å². The molecule has 1 aromatic heterocycles. The Hall–Kier alpha value is -3.95. The number of amides is 1. The summed E-state index contributed by atoms with van der Waals surface area (Å²) >= 11 is 0. The summed E-state index contributed by atoms with van der Waals surface area (Å²) in [6.45, 7) is 1.76. The highest BCUT2D eigenvalue weighted by Crippen LogP contribution is 2.35. The van der Waals surface area contributed by atoms with Gasteiger partial charge < -0.3 is 19.3 Å². The third-order valence-corrected chi connectivity index (χ3v) is 4.17. The minimum absolute atomic E-state index is 0.0158. The molecular formula is C18H14N4O6. The molecule has 0 atom stereocenters. The Morgan fingerprint density at radius 1 is 1.21 bits per heavy atom. The molecule has 142 valence electrons. The average molecular weight is 382 g/mol. The van der Waals surface area contributed by atoms with Gasteiger partial charge in [0.25, 0.3) is 11.6 Å². The maximum absolute atomic E-state index is 12.3. The van der Waals surface area contributed by atoms with Crippen molar-refractivity contribution in [1.82, 2.24) is 15.5 Å². The van der Waals surface area contributed by atoms with E-state index in [0.717, 1.165) is 0 Å². The van der Waals surface area contributed by atoms with Crippen molar-refractivity contribution in [2.75, 3.05) is 6.79 Å². The molecule has 28 heavy (non-hydrogen) atoms. The number of rotatable bonds is 5. The van der Waals surface area contributed by atoms with Crippen molar-refractivity contribution < 1.29 is 23.7 Å². The summed E-state index contributed by atoms with van der Waals surface area (Å²) in [6, 6.07) is 9.53. The van der Waals surface area contributed by atoms with Crippen molar-refractivity contribution in [3.8, 4) is 22.9 Å². The van der Waals surface area contributed by atoms with Crippen LogP contribution >= 0.6 is 0 Å². The maximum atomic E-state index is 12.3. The largest absolute Gasteiger partial charge is 0.454 e. The second-order valence-electron chi connectivity index (χ2n) is 6.02. The normalized spacial score (nSPS) is 12.0. The van der Waals surface area contributed by atoms with E-state index >= 15 is 0 Å². The van der Waals surface area contributed by atoms with E-state index in [0.29, 0.717) is 28.5 Å². The first kappa shape index (κ1) is 17.5. The minimum atomic E-state index is -0.526. The summed E-state index contributed by atoms with van der Waals surface area (Å²) in [5, 5.41) is 17.5. The van der Waals surface area contributed by atoms with Crippen molar-refractivity contribution in [1.29, 1.82) is 0 Å². The molecule has 1 aliphatic heterocycles. The molecule has 2 heterocycles. The van der Waals surface area contributed by atoms with Gasteiger partial charge in [0.15, 0.2) is 11.5 Å². The van der Waals surface area contributed by atoms with Gasteiger partial charge in [-0.2, -0.15) is 4.98 Å². The summed E-state index contributed by atoms with van der Waals surface area (Å²) in [7, 11) is 0. The Bertz CT molecular complexity index is 1080.